The van der Waals surface area contributed by atoms with Gasteiger partial charge in [-0.3, -0.25) is 4.79 Å². The summed E-state index contributed by atoms with van der Waals surface area (Å²) in [4.78, 5) is 18.1. The van der Waals surface area contributed by atoms with Crippen molar-refractivity contribution in [2.24, 2.45) is 0 Å². The number of rotatable bonds is 6. The fraction of sp³-hybridized carbons (Fsp3) is 0.190. The summed E-state index contributed by atoms with van der Waals surface area (Å²) in [6.07, 6.45) is 1.79. The smallest absolute Gasteiger partial charge is 0.293 e. The van der Waals surface area contributed by atoms with E-state index < -0.39 is 0 Å². The molecule has 2 aromatic carbocycles. The van der Waals surface area contributed by atoms with E-state index in [9.17, 15) is 10.1 Å². The normalized spacial score (nSPS) is 13.8. The minimum atomic E-state index is 0.321. The Hall–Kier alpha value is -3.24. The molecule has 6 nitrogen and oxygen atoms in total. The van der Waals surface area contributed by atoms with Crippen LogP contribution in [0.1, 0.15) is 11.5 Å². The average molecular weight is 391 g/mol. The minimum absolute atomic E-state index is 0.321. The van der Waals surface area contributed by atoms with E-state index in [1.54, 1.807) is 17.8 Å². The van der Waals surface area contributed by atoms with Crippen molar-refractivity contribution in [3.63, 3.8) is 0 Å². The number of aromatic nitrogens is 1. The summed E-state index contributed by atoms with van der Waals surface area (Å²) in [5.74, 6) is 1.28. The molecule has 0 saturated heterocycles. The van der Waals surface area contributed by atoms with Gasteiger partial charge in [0.2, 0.25) is 5.89 Å². The zero-order valence-corrected chi connectivity index (χ0v) is 15.8. The van der Waals surface area contributed by atoms with Gasteiger partial charge in [0, 0.05) is 17.2 Å². The van der Waals surface area contributed by atoms with Gasteiger partial charge in [-0.1, -0.05) is 18.2 Å². The SMILES string of the molecule is N#C/C(=C\c1ccc2c(c1)SCCN2CCOC=O)c1nc2ccccc2o1. The number of carbonyl (C=O) groups is 1. The molecule has 0 bridgehead atoms. The fourth-order valence-corrected chi connectivity index (χ4v) is 4.22. The standard InChI is InChI=1S/C21H17N3O3S/c22-13-16(21-23-17-3-1-2-4-19(17)27-21)11-15-5-6-18-20(12-15)28-10-8-24(18)7-9-26-14-25/h1-6,11-12,14H,7-10H2/b16-11+. The fourth-order valence-electron chi connectivity index (χ4n) is 3.12. The van der Waals surface area contributed by atoms with Crippen molar-refractivity contribution in [1.29, 1.82) is 5.26 Å². The molecule has 7 heteroatoms. The second-order valence-corrected chi connectivity index (χ2v) is 7.32. The molecule has 0 saturated carbocycles. The summed E-state index contributed by atoms with van der Waals surface area (Å²) in [5, 5.41) is 9.59. The summed E-state index contributed by atoms with van der Waals surface area (Å²) in [6.45, 7) is 2.41. The van der Waals surface area contributed by atoms with Crippen molar-refractivity contribution in [1.82, 2.24) is 4.98 Å². The molecule has 0 N–H and O–H groups in total. The lowest BCUT2D eigenvalue weighted by molar-refractivity contribution is -0.128. The van der Waals surface area contributed by atoms with Crippen LogP contribution in [0, 0.1) is 11.3 Å². The number of nitriles is 1. The van der Waals surface area contributed by atoms with Gasteiger partial charge < -0.3 is 14.1 Å². The Labute approximate surface area is 166 Å². The van der Waals surface area contributed by atoms with Crippen molar-refractivity contribution in [3.8, 4) is 6.07 Å². The first-order valence-corrected chi connectivity index (χ1v) is 9.82. The highest BCUT2D eigenvalue weighted by Gasteiger charge is 2.18. The lowest BCUT2D eigenvalue weighted by Gasteiger charge is -2.30. The van der Waals surface area contributed by atoms with Gasteiger partial charge in [-0.2, -0.15) is 5.26 Å². The van der Waals surface area contributed by atoms with Crippen LogP contribution in [-0.2, 0) is 9.53 Å². The number of nitrogens with zero attached hydrogens (tertiary/aromatic N) is 3. The van der Waals surface area contributed by atoms with E-state index in [1.165, 1.54) is 0 Å². The number of allylic oxidation sites excluding steroid dienone is 1. The number of benzene rings is 2. The summed E-state index contributed by atoms with van der Waals surface area (Å²) in [6, 6.07) is 15.7. The molecule has 1 aliphatic heterocycles. The Balaban J connectivity index is 1.62. The van der Waals surface area contributed by atoms with E-state index in [4.69, 9.17) is 9.15 Å². The van der Waals surface area contributed by atoms with Crippen LogP contribution in [0.25, 0.3) is 22.7 Å². The van der Waals surface area contributed by atoms with Crippen LogP contribution in [-0.4, -0.2) is 36.9 Å². The Morgan fingerprint density at radius 2 is 2.25 bits per heavy atom. The molecule has 2 heterocycles. The van der Waals surface area contributed by atoms with Crippen molar-refractivity contribution in [2.75, 3.05) is 30.3 Å². The minimum Gasteiger partial charge on any atom is -0.466 e. The highest BCUT2D eigenvalue weighted by molar-refractivity contribution is 7.99. The molecule has 0 fully saturated rings. The van der Waals surface area contributed by atoms with Gasteiger partial charge >= 0.3 is 0 Å². The summed E-state index contributed by atoms with van der Waals surface area (Å²) in [7, 11) is 0. The van der Waals surface area contributed by atoms with Gasteiger partial charge in [-0.15, -0.1) is 11.8 Å². The molecule has 0 aliphatic carbocycles. The van der Waals surface area contributed by atoms with Crippen molar-refractivity contribution in [2.45, 2.75) is 4.90 Å². The second-order valence-electron chi connectivity index (χ2n) is 6.19. The molecule has 0 unspecified atom stereocenters. The summed E-state index contributed by atoms with van der Waals surface area (Å²) < 4.78 is 10.5. The Morgan fingerprint density at radius 1 is 1.36 bits per heavy atom. The van der Waals surface area contributed by atoms with Gasteiger partial charge in [0.1, 0.15) is 23.8 Å². The number of oxazole rings is 1. The molecule has 4 rings (SSSR count). The zero-order valence-electron chi connectivity index (χ0n) is 15.0. The maximum absolute atomic E-state index is 10.4. The highest BCUT2D eigenvalue weighted by Crippen LogP contribution is 2.36. The number of thioether (sulfide) groups is 1. The van der Waals surface area contributed by atoms with E-state index in [-0.39, 0.29) is 0 Å². The number of fused-ring (bicyclic) bond motifs is 2. The Bertz CT molecular complexity index is 1050. The van der Waals surface area contributed by atoms with Crippen molar-refractivity contribution < 1.29 is 13.9 Å². The lowest BCUT2D eigenvalue weighted by atomic mass is 10.1. The maximum atomic E-state index is 10.4. The van der Waals surface area contributed by atoms with Crippen LogP contribution in [0.15, 0.2) is 51.8 Å². The monoisotopic (exact) mass is 391 g/mol. The van der Waals surface area contributed by atoms with E-state index in [1.807, 2.05) is 36.4 Å². The predicted molar refractivity (Wildman–Crippen MR) is 109 cm³/mol. The average Bonchev–Trinajstić information content (AvgIpc) is 3.16. The van der Waals surface area contributed by atoms with E-state index in [0.29, 0.717) is 36.7 Å². The third kappa shape index (κ3) is 3.73. The molecule has 0 radical (unpaired) electrons. The molecule has 140 valence electrons. The molecule has 28 heavy (non-hydrogen) atoms. The molecule has 0 spiro atoms. The molecule has 0 amide bonds. The number of para-hydroxylation sites is 2. The topological polar surface area (TPSA) is 79.4 Å². The maximum Gasteiger partial charge on any atom is 0.293 e. The van der Waals surface area contributed by atoms with Gasteiger partial charge in [0.05, 0.1) is 12.2 Å². The number of hydrogen-bond donors (Lipinski definition) is 0. The predicted octanol–water partition coefficient (Wildman–Crippen LogP) is 3.98. The first-order valence-electron chi connectivity index (χ1n) is 8.83. The first kappa shape index (κ1) is 18.1. The molecule has 1 aromatic heterocycles. The van der Waals surface area contributed by atoms with Gasteiger partial charge in [0.25, 0.3) is 6.47 Å². The van der Waals surface area contributed by atoms with Crippen LogP contribution in [0.2, 0.25) is 0 Å². The van der Waals surface area contributed by atoms with Gasteiger partial charge in [0.15, 0.2) is 5.58 Å². The molecule has 0 atom stereocenters. The number of anilines is 1. The lowest BCUT2D eigenvalue weighted by Crippen LogP contribution is -2.32. The summed E-state index contributed by atoms with van der Waals surface area (Å²) in [5.41, 5.74) is 3.80. The van der Waals surface area contributed by atoms with E-state index in [2.05, 4.69) is 22.0 Å². The van der Waals surface area contributed by atoms with Crippen LogP contribution < -0.4 is 4.90 Å². The quantitative estimate of drug-likeness (QED) is 0.357. The summed E-state index contributed by atoms with van der Waals surface area (Å²) >= 11 is 1.78. The van der Waals surface area contributed by atoms with E-state index >= 15 is 0 Å². The molecule has 3 aromatic rings. The Morgan fingerprint density at radius 3 is 3.07 bits per heavy atom. The molecular weight excluding hydrogens is 374 g/mol. The van der Waals surface area contributed by atoms with Crippen LogP contribution in [0.5, 0.6) is 0 Å². The molecule has 1 aliphatic rings. The second kappa shape index (κ2) is 8.19. The van der Waals surface area contributed by atoms with Crippen molar-refractivity contribution >= 4 is 46.7 Å². The Kier molecular flexibility index (Phi) is 5.31. The van der Waals surface area contributed by atoms with Crippen LogP contribution in [0.3, 0.4) is 0 Å². The highest BCUT2D eigenvalue weighted by atomic mass is 32.2. The van der Waals surface area contributed by atoms with Crippen LogP contribution >= 0.6 is 11.8 Å². The van der Waals surface area contributed by atoms with Crippen LogP contribution in [0.4, 0.5) is 5.69 Å². The number of hydrogen-bond acceptors (Lipinski definition) is 7. The first-order chi connectivity index (χ1) is 13.8. The van der Waals surface area contributed by atoms with E-state index in [0.717, 1.165) is 34.0 Å². The van der Waals surface area contributed by atoms with Crippen molar-refractivity contribution in [3.05, 3.63) is 53.9 Å². The number of ether oxygens (including phenoxy) is 1. The zero-order chi connectivity index (χ0) is 19.3. The number of carbonyl (C=O) groups excluding carboxylic acids is 1. The third-order valence-corrected chi connectivity index (χ3v) is 5.47. The van der Waals surface area contributed by atoms with Gasteiger partial charge in [-0.25, -0.2) is 4.98 Å². The molecular formula is C21H17N3O3S. The van der Waals surface area contributed by atoms with Gasteiger partial charge in [-0.05, 0) is 35.9 Å². The largest absolute Gasteiger partial charge is 0.466 e. The third-order valence-electron chi connectivity index (χ3n) is 4.45.